The fourth-order valence-corrected chi connectivity index (χ4v) is 5.33. The molecule has 0 aromatic carbocycles. The highest BCUT2D eigenvalue weighted by Gasteiger charge is 2.44. The topological polar surface area (TPSA) is 77.7 Å². The van der Waals surface area contributed by atoms with Crippen molar-refractivity contribution < 1.29 is 8.42 Å². The monoisotopic (exact) mass is 326 g/mol. The summed E-state index contributed by atoms with van der Waals surface area (Å²) in [7, 11) is -1.28. The first-order valence-corrected chi connectivity index (χ1v) is 8.85. The molecular weight excluding hydrogens is 311 g/mol. The van der Waals surface area contributed by atoms with E-state index < -0.39 is 15.3 Å². The third-order valence-electron chi connectivity index (χ3n) is 3.69. The Hall–Kier alpha value is -0.400. The van der Waals surface area contributed by atoms with Gasteiger partial charge in [-0.15, -0.1) is 33.4 Å². The molecule has 0 radical (unpaired) electrons. The van der Waals surface area contributed by atoms with Gasteiger partial charge in [0, 0.05) is 23.6 Å². The number of rotatable bonds is 5. The summed E-state index contributed by atoms with van der Waals surface area (Å²) >= 11 is 12.2. The highest BCUT2D eigenvalue weighted by molar-refractivity contribution is 7.91. The molecule has 1 aromatic heterocycles. The van der Waals surface area contributed by atoms with Gasteiger partial charge in [-0.05, 0) is 17.6 Å². The second-order valence-corrected chi connectivity index (χ2v) is 7.86. The zero-order valence-corrected chi connectivity index (χ0v) is 12.9. The highest BCUT2D eigenvalue weighted by atomic mass is 35.5. The van der Waals surface area contributed by atoms with Gasteiger partial charge in [0.15, 0.2) is 15.7 Å². The number of hydrogen-bond donors (Lipinski definition) is 0. The maximum atomic E-state index is 11.6. The maximum Gasteiger partial charge on any atom is 0.175 e. The van der Waals surface area contributed by atoms with Crippen LogP contribution in [0.1, 0.15) is 12.2 Å². The Balaban J connectivity index is 2.22. The molecule has 0 bridgehead atoms. The average Bonchev–Trinajstić information content (AvgIpc) is 2.92. The molecule has 2 rings (SSSR count). The molecule has 19 heavy (non-hydrogen) atoms. The van der Waals surface area contributed by atoms with Crippen molar-refractivity contribution in [3.8, 4) is 0 Å². The Morgan fingerprint density at radius 3 is 2.53 bits per heavy atom. The lowest BCUT2D eigenvalue weighted by atomic mass is 9.75. The van der Waals surface area contributed by atoms with Crippen LogP contribution < -0.4 is 0 Å². The van der Waals surface area contributed by atoms with E-state index >= 15 is 0 Å². The number of aromatic nitrogens is 4. The van der Waals surface area contributed by atoms with E-state index in [9.17, 15) is 8.42 Å². The van der Waals surface area contributed by atoms with Crippen molar-refractivity contribution in [2.45, 2.75) is 12.8 Å². The van der Waals surface area contributed by atoms with Crippen molar-refractivity contribution in [1.82, 2.24) is 20.2 Å². The van der Waals surface area contributed by atoms with E-state index in [4.69, 9.17) is 23.2 Å². The van der Waals surface area contributed by atoms with E-state index in [0.29, 0.717) is 18.7 Å². The minimum atomic E-state index is -2.96. The zero-order valence-electron chi connectivity index (χ0n) is 10.6. The Morgan fingerprint density at radius 1 is 1.42 bits per heavy atom. The molecule has 0 spiro atoms. The molecular formula is C10H16Cl2N4O2S. The molecule has 0 saturated carbocycles. The van der Waals surface area contributed by atoms with Crippen LogP contribution in [0.5, 0.6) is 0 Å². The number of alkyl halides is 2. The van der Waals surface area contributed by atoms with Crippen LogP contribution in [0.25, 0.3) is 0 Å². The molecule has 1 aliphatic heterocycles. The van der Waals surface area contributed by atoms with Gasteiger partial charge in [0.2, 0.25) is 0 Å². The van der Waals surface area contributed by atoms with Crippen LogP contribution in [-0.2, 0) is 23.3 Å². The summed E-state index contributed by atoms with van der Waals surface area (Å²) in [5.74, 6) is 1.43. The molecule has 108 valence electrons. The van der Waals surface area contributed by atoms with Gasteiger partial charge in [-0.25, -0.2) is 8.42 Å². The van der Waals surface area contributed by atoms with E-state index in [-0.39, 0.29) is 29.2 Å². The molecule has 0 amide bonds. The summed E-state index contributed by atoms with van der Waals surface area (Å²) in [6.07, 6.45) is 1.05. The number of tetrazole rings is 1. The number of nitrogens with zero attached hydrogens (tertiary/aromatic N) is 4. The smallest absolute Gasteiger partial charge is 0.175 e. The maximum absolute atomic E-state index is 11.6. The lowest BCUT2D eigenvalue weighted by Crippen LogP contribution is -2.38. The van der Waals surface area contributed by atoms with Crippen molar-refractivity contribution in [2.24, 2.45) is 18.4 Å². The van der Waals surface area contributed by atoms with Crippen LogP contribution in [0.2, 0.25) is 0 Å². The molecule has 0 aliphatic carbocycles. The van der Waals surface area contributed by atoms with E-state index in [0.717, 1.165) is 0 Å². The summed E-state index contributed by atoms with van der Waals surface area (Å²) in [5, 5.41) is 11.8. The van der Waals surface area contributed by atoms with E-state index in [1.54, 1.807) is 7.05 Å². The first kappa shape index (κ1) is 15.0. The second-order valence-electron chi connectivity index (χ2n) is 5.10. The fourth-order valence-electron chi connectivity index (χ4n) is 2.48. The molecule has 1 fully saturated rings. The van der Waals surface area contributed by atoms with Crippen molar-refractivity contribution in [3.05, 3.63) is 5.82 Å². The van der Waals surface area contributed by atoms with Crippen molar-refractivity contribution in [2.75, 3.05) is 23.3 Å². The van der Waals surface area contributed by atoms with Gasteiger partial charge in [-0.3, -0.25) is 0 Å². The van der Waals surface area contributed by atoms with Gasteiger partial charge < -0.3 is 0 Å². The number of halogens is 2. The van der Waals surface area contributed by atoms with Gasteiger partial charge in [-0.1, -0.05) is 0 Å². The molecule has 6 nitrogen and oxygen atoms in total. The first-order valence-electron chi connectivity index (χ1n) is 5.96. The van der Waals surface area contributed by atoms with E-state index in [1.165, 1.54) is 4.80 Å². The van der Waals surface area contributed by atoms with E-state index in [2.05, 4.69) is 15.4 Å². The molecule has 1 aliphatic rings. The van der Waals surface area contributed by atoms with Gasteiger partial charge in [0.25, 0.3) is 0 Å². The van der Waals surface area contributed by atoms with Crippen LogP contribution in [0.4, 0.5) is 0 Å². The van der Waals surface area contributed by atoms with Gasteiger partial charge in [-0.2, -0.15) is 4.80 Å². The SMILES string of the molecule is Cn1nnc(CC(CCl)(CCl)C2CCS(=O)(=O)C2)n1. The molecule has 1 unspecified atom stereocenters. The molecule has 0 N–H and O–H groups in total. The number of aryl methyl sites for hydroxylation is 1. The van der Waals surface area contributed by atoms with Gasteiger partial charge in [0.1, 0.15) is 0 Å². The Kier molecular flexibility index (Phi) is 4.37. The summed E-state index contributed by atoms with van der Waals surface area (Å²) in [5.41, 5.74) is -0.490. The van der Waals surface area contributed by atoms with Crippen LogP contribution in [0.3, 0.4) is 0 Å². The predicted molar refractivity (Wildman–Crippen MR) is 73.1 cm³/mol. The molecule has 9 heteroatoms. The third kappa shape index (κ3) is 3.20. The minimum Gasteiger partial charge on any atom is -0.229 e. The van der Waals surface area contributed by atoms with Crippen LogP contribution in [0.15, 0.2) is 0 Å². The normalized spacial score (nSPS) is 22.8. The van der Waals surface area contributed by atoms with Gasteiger partial charge in [0.05, 0.1) is 18.6 Å². The van der Waals surface area contributed by atoms with Crippen molar-refractivity contribution >= 4 is 33.0 Å². The molecule has 1 saturated heterocycles. The van der Waals surface area contributed by atoms with Crippen molar-refractivity contribution in [1.29, 1.82) is 0 Å². The van der Waals surface area contributed by atoms with E-state index in [1.807, 2.05) is 0 Å². The predicted octanol–water partition coefficient (Wildman–Crippen LogP) is 0.651. The van der Waals surface area contributed by atoms with Crippen molar-refractivity contribution in [3.63, 3.8) is 0 Å². The van der Waals surface area contributed by atoms with Gasteiger partial charge >= 0.3 is 0 Å². The minimum absolute atomic E-state index is 0.0451. The summed E-state index contributed by atoms with van der Waals surface area (Å²) in [6, 6.07) is 0. The lowest BCUT2D eigenvalue weighted by molar-refractivity contribution is 0.240. The number of sulfone groups is 1. The fraction of sp³-hybridized carbons (Fsp3) is 0.900. The van der Waals surface area contributed by atoms with Crippen LogP contribution in [-0.4, -0.2) is 51.9 Å². The van der Waals surface area contributed by atoms with Crippen LogP contribution in [0, 0.1) is 11.3 Å². The highest BCUT2D eigenvalue weighted by Crippen LogP contribution is 2.40. The zero-order chi connectivity index (χ0) is 14.1. The summed E-state index contributed by atoms with van der Waals surface area (Å²) in [6.45, 7) is 0. The standard InChI is InChI=1S/C10H16Cl2N4O2S/c1-16-14-9(13-15-16)4-10(6-11,7-12)8-2-3-19(17,18)5-8/h8H,2-7H2,1H3. The Bertz CT molecular complexity index is 541. The Labute approximate surface area is 122 Å². The molecule has 1 aromatic rings. The van der Waals surface area contributed by atoms with Crippen LogP contribution >= 0.6 is 23.2 Å². The molecule has 2 heterocycles. The summed E-state index contributed by atoms with van der Waals surface area (Å²) in [4.78, 5) is 1.37. The lowest BCUT2D eigenvalue weighted by Gasteiger charge is -2.34. The number of hydrogen-bond acceptors (Lipinski definition) is 5. The summed E-state index contributed by atoms with van der Waals surface area (Å²) < 4.78 is 23.3. The largest absolute Gasteiger partial charge is 0.229 e. The third-order valence-corrected chi connectivity index (χ3v) is 6.52. The quantitative estimate of drug-likeness (QED) is 0.742. The first-order chi connectivity index (χ1) is 8.91. The second kappa shape index (κ2) is 5.54. The Morgan fingerprint density at radius 2 is 2.11 bits per heavy atom. The average molecular weight is 327 g/mol. The molecule has 1 atom stereocenters.